The molecule has 0 atom stereocenters. The monoisotopic (exact) mass is 367 g/mol. The summed E-state index contributed by atoms with van der Waals surface area (Å²) in [6.07, 6.45) is 2.98. The van der Waals surface area contributed by atoms with Crippen LogP contribution in [-0.4, -0.2) is 17.7 Å². The second kappa shape index (κ2) is 8.52. The summed E-state index contributed by atoms with van der Waals surface area (Å²) in [5.74, 6) is -1.00. The second-order valence-corrected chi connectivity index (χ2v) is 5.52. The van der Waals surface area contributed by atoms with Gasteiger partial charge in [-0.15, -0.1) is 0 Å². The fraction of sp³-hybridized carbons (Fsp3) is 0.105. The van der Waals surface area contributed by atoms with Gasteiger partial charge in [0.25, 0.3) is 5.91 Å². The molecule has 0 aliphatic carbocycles. The minimum Gasteiger partial charge on any atom is -0.467 e. The molecule has 2 heterocycles. The van der Waals surface area contributed by atoms with E-state index in [0.717, 1.165) is 0 Å². The van der Waals surface area contributed by atoms with Gasteiger partial charge in [0.1, 0.15) is 11.5 Å². The number of benzene rings is 1. The van der Waals surface area contributed by atoms with E-state index in [0.29, 0.717) is 11.5 Å². The summed E-state index contributed by atoms with van der Waals surface area (Å²) in [5, 5.41) is 7.58. The highest BCUT2D eigenvalue weighted by molar-refractivity contribution is 6.40. The van der Waals surface area contributed by atoms with Crippen LogP contribution in [0.4, 0.5) is 5.69 Å². The molecule has 0 saturated heterocycles. The summed E-state index contributed by atoms with van der Waals surface area (Å²) in [4.78, 5) is 36.4. The van der Waals surface area contributed by atoms with E-state index in [2.05, 4.69) is 16.0 Å². The maximum Gasteiger partial charge on any atom is 0.313 e. The molecule has 0 bridgehead atoms. The Morgan fingerprint density at radius 2 is 1.37 bits per heavy atom. The Morgan fingerprint density at radius 1 is 0.741 bits per heavy atom. The number of furan rings is 2. The molecular formula is C19H17N3O5. The smallest absolute Gasteiger partial charge is 0.313 e. The van der Waals surface area contributed by atoms with Gasteiger partial charge in [-0.1, -0.05) is 12.1 Å². The number of carbonyl (C=O) groups excluding carboxylic acids is 3. The first-order valence-corrected chi connectivity index (χ1v) is 8.14. The molecule has 2 aromatic heterocycles. The van der Waals surface area contributed by atoms with E-state index < -0.39 is 17.7 Å². The van der Waals surface area contributed by atoms with Gasteiger partial charge < -0.3 is 24.8 Å². The first-order chi connectivity index (χ1) is 13.1. The van der Waals surface area contributed by atoms with Crippen LogP contribution in [0.25, 0.3) is 0 Å². The number of anilines is 1. The van der Waals surface area contributed by atoms with E-state index in [4.69, 9.17) is 8.83 Å². The molecule has 0 spiro atoms. The van der Waals surface area contributed by atoms with E-state index in [9.17, 15) is 14.4 Å². The summed E-state index contributed by atoms with van der Waals surface area (Å²) in [6.45, 7) is 0.294. The summed E-state index contributed by atoms with van der Waals surface area (Å²) in [7, 11) is 0. The van der Waals surface area contributed by atoms with Gasteiger partial charge in [0.05, 0.1) is 36.9 Å². The average Bonchev–Trinajstić information content (AvgIpc) is 3.38. The van der Waals surface area contributed by atoms with Crippen molar-refractivity contribution < 1.29 is 23.2 Å². The Morgan fingerprint density at radius 3 is 2.00 bits per heavy atom. The molecule has 8 heteroatoms. The predicted molar refractivity (Wildman–Crippen MR) is 95.5 cm³/mol. The van der Waals surface area contributed by atoms with Gasteiger partial charge in [0.15, 0.2) is 0 Å². The molecule has 0 fully saturated rings. The first-order valence-electron chi connectivity index (χ1n) is 8.14. The van der Waals surface area contributed by atoms with Crippen molar-refractivity contribution in [1.29, 1.82) is 0 Å². The minimum atomic E-state index is -0.882. The van der Waals surface area contributed by atoms with Gasteiger partial charge in [-0.3, -0.25) is 14.4 Å². The molecule has 0 radical (unpaired) electrons. The van der Waals surface area contributed by atoms with Gasteiger partial charge in [-0.25, -0.2) is 0 Å². The Hall–Kier alpha value is -3.81. The van der Waals surface area contributed by atoms with E-state index in [1.807, 2.05) is 0 Å². The lowest BCUT2D eigenvalue weighted by Gasteiger charge is -2.11. The van der Waals surface area contributed by atoms with Crippen molar-refractivity contribution in [2.75, 3.05) is 5.32 Å². The summed E-state index contributed by atoms with van der Waals surface area (Å²) in [6, 6.07) is 13.2. The van der Waals surface area contributed by atoms with Crippen LogP contribution in [0, 0.1) is 0 Å². The zero-order valence-electron chi connectivity index (χ0n) is 14.2. The maximum atomic E-state index is 12.4. The standard InChI is InChI=1S/C19H17N3O5/c23-17(20-11-13-5-3-9-26-13)15-7-1-2-8-16(15)22-19(25)18(24)21-12-14-6-4-10-27-14/h1-10H,11-12H2,(H,20,23)(H,21,24)(H,22,25). The number of hydrogen-bond acceptors (Lipinski definition) is 5. The van der Waals surface area contributed by atoms with Crippen molar-refractivity contribution >= 4 is 23.4 Å². The van der Waals surface area contributed by atoms with Crippen LogP contribution in [0.15, 0.2) is 69.9 Å². The Balaban J connectivity index is 1.59. The minimum absolute atomic E-state index is 0.0878. The van der Waals surface area contributed by atoms with Gasteiger partial charge in [0, 0.05) is 0 Å². The van der Waals surface area contributed by atoms with E-state index in [-0.39, 0.29) is 24.3 Å². The third-order valence-electron chi connectivity index (χ3n) is 3.63. The zero-order chi connectivity index (χ0) is 19.1. The average molecular weight is 367 g/mol. The van der Waals surface area contributed by atoms with Crippen molar-refractivity contribution in [2.24, 2.45) is 0 Å². The molecule has 138 valence electrons. The normalized spacial score (nSPS) is 10.2. The van der Waals surface area contributed by atoms with Crippen LogP contribution in [-0.2, 0) is 22.7 Å². The fourth-order valence-corrected chi connectivity index (χ4v) is 2.31. The highest BCUT2D eigenvalue weighted by Crippen LogP contribution is 2.15. The molecule has 8 nitrogen and oxygen atoms in total. The number of hydrogen-bond donors (Lipinski definition) is 3. The molecule has 0 aliphatic rings. The predicted octanol–water partition coefficient (Wildman–Crippen LogP) is 2.06. The molecule has 1 aromatic carbocycles. The summed E-state index contributed by atoms with van der Waals surface area (Å²) < 4.78 is 10.2. The number of para-hydroxylation sites is 1. The van der Waals surface area contributed by atoms with E-state index in [1.54, 1.807) is 48.5 Å². The van der Waals surface area contributed by atoms with Crippen LogP contribution in [0.1, 0.15) is 21.9 Å². The number of nitrogens with one attached hydrogen (secondary N) is 3. The summed E-state index contributed by atoms with van der Waals surface area (Å²) >= 11 is 0. The third kappa shape index (κ3) is 4.85. The first kappa shape index (κ1) is 18.0. The molecule has 3 rings (SSSR count). The van der Waals surface area contributed by atoms with Crippen LogP contribution >= 0.6 is 0 Å². The zero-order valence-corrected chi connectivity index (χ0v) is 14.2. The van der Waals surface area contributed by atoms with Crippen LogP contribution in [0.2, 0.25) is 0 Å². The quantitative estimate of drug-likeness (QED) is 0.577. The topological polar surface area (TPSA) is 114 Å². The van der Waals surface area contributed by atoms with Crippen molar-refractivity contribution in [3.05, 3.63) is 78.1 Å². The fourth-order valence-electron chi connectivity index (χ4n) is 2.31. The van der Waals surface area contributed by atoms with Crippen molar-refractivity contribution in [3.63, 3.8) is 0 Å². The largest absolute Gasteiger partial charge is 0.467 e. The number of carbonyl (C=O) groups is 3. The van der Waals surface area contributed by atoms with Crippen molar-refractivity contribution in [2.45, 2.75) is 13.1 Å². The van der Waals surface area contributed by atoms with Gasteiger partial charge in [-0.2, -0.15) is 0 Å². The Labute approximate surface area is 154 Å². The van der Waals surface area contributed by atoms with Crippen molar-refractivity contribution in [1.82, 2.24) is 10.6 Å². The van der Waals surface area contributed by atoms with Gasteiger partial charge >= 0.3 is 11.8 Å². The molecule has 0 unspecified atom stereocenters. The van der Waals surface area contributed by atoms with Gasteiger partial charge in [-0.05, 0) is 36.4 Å². The van der Waals surface area contributed by atoms with E-state index >= 15 is 0 Å². The summed E-state index contributed by atoms with van der Waals surface area (Å²) in [5.41, 5.74) is 0.462. The van der Waals surface area contributed by atoms with Crippen molar-refractivity contribution in [3.8, 4) is 0 Å². The molecule has 3 aromatic rings. The third-order valence-corrected chi connectivity index (χ3v) is 3.63. The lowest BCUT2D eigenvalue weighted by atomic mass is 10.1. The molecule has 27 heavy (non-hydrogen) atoms. The molecule has 3 amide bonds. The highest BCUT2D eigenvalue weighted by Gasteiger charge is 2.18. The lowest BCUT2D eigenvalue weighted by molar-refractivity contribution is -0.136. The van der Waals surface area contributed by atoms with Crippen LogP contribution in [0.5, 0.6) is 0 Å². The Kier molecular flexibility index (Phi) is 5.68. The lowest BCUT2D eigenvalue weighted by Crippen LogP contribution is -2.35. The molecule has 0 aliphatic heterocycles. The highest BCUT2D eigenvalue weighted by atomic mass is 16.3. The van der Waals surface area contributed by atoms with Crippen LogP contribution < -0.4 is 16.0 Å². The Bertz CT molecular complexity index is 917. The maximum absolute atomic E-state index is 12.4. The number of rotatable bonds is 6. The molecular weight excluding hydrogens is 350 g/mol. The molecule has 0 saturated carbocycles. The molecule has 3 N–H and O–H groups in total. The second-order valence-electron chi connectivity index (χ2n) is 5.52. The van der Waals surface area contributed by atoms with Gasteiger partial charge in [0.2, 0.25) is 0 Å². The number of amides is 3. The van der Waals surface area contributed by atoms with Crippen LogP contribution in [0.3, 0.4) is 0 Å². The SMILES string of the molecule is O=C(NCc1ccco1)C(=O)Nc1ccccc1C(=O)NCc1ccco1. The van der Waals surface area contributed by atoms with E-state index in [1.165, 1.54) is 12.5 Å².